The van der Waals surface area contributed by atoms with Crippen molar-refractivity contribution in [2.75, 3.05) is 13.7 Å². The second kappa shape index (κ2) is 11.3. The number of nitrogens with one attached hydrogen (secondary N) is 1. The number of nitrogens with zero attached hydrogens (tertiary/aromatic N) is 2. The maximum absolute atomic E-state index is 13.5. The third-order valence-corrected chi connectivity index (χ3v) is 6.72. The molecule has 0 fully saturated rings. The third kappa shape index (κ3) is 5.46. The fourth-order valence-corrected chi connectivity index (χ4v) is 4.67. The number of amides is 1. The van der Waals surface area contributed by atoms with Gasteiger partial charge in [0.25, 0.3) is 5.91 Å². The first-order valence-corrected chi connectivity index (χ1v) is 12.2. The van der Waals surface area contributed by atoms with Gasteiger partial charge < -0.3 is 19.4 Å². The molecule has 0 bridgehead atoms. The van der Waals surface area contributed by atoms with Crippen LogP contribution >= 0.6 is 0 Å². The largest absolute Gasteiger partial charge is 0.481 e. The molecule has 0 aliphatic carbocycles. The first-order chi connectivity index (χ1) is 17.0. The number of hydrogen-bond acceptors (Lipinski definition) is 5. The van der Waals surface area contributed by atoms with Gasteiger partial charge in [-0.3, -0.25) is 9.59 Å². The number of carbonyl (C=O) groups is 2. The van der Waals surface area contributed by atoms with Crippen LogP contribution in [0, 0.1) is 0 Å². The zero-order chi connectivity index (χ0) is 24.8. The van der Waals surface area contributed by atoms with Gasteiger partial charge >= 0.3 is 0 Å². The summed E-state index contributed by atoms with van der Waals surface area (Å²) in [5.41, 5.74) is 3.91. The minimum absolute atomic E-state index is 0.0185. The first kappa shape index (κ1) is 24.7. The van der Waals surface area contributed by atoms with Crippen molar-refractivity contribution in [3.05, 3.63) is 82.8 Å². The Morgan fingerprint density at radius 1 is 1.11 bits per heavy atom. The van der Waals surface area contributed by atoms with Crippen molar-refractivity contribution in [2.45, 2.75) is 58.2 Å². The van der Waals surface area contributed by atoms with E-state index < -0.39 is 0 Å². The first-order valence-electron chi connectivity index (χ1n) is 12.2. The number of ketones is 1. The summed E-state index contributed by atoms with van der Waals surface area (Å²) in [6, 6.07) is 15.4. The van der Waals surface area contributed by atoms with Gasteiger partial charge in [-0.2, -0.15) is 0 Å². The molecule has 0 radical (unpaired) electrons. The van der Waals surface area contributed by atoms with Crippen molar-refractivity contribution in [3.63, 3.8) is 0 Å². The predicted octanol–water partition coefficient (Wildman–Crippen LogP) is 5.07. The van der Waals surface area contributed by atoms with Gasteiger partial charge in [0.15, 0.2) is 5.78 Å². The van der Waals surface area contributed by atoms with E-state index in [0.717, 1.165) is 29.7 Å². The normalized spacial score (nSPS) is 14.6. The molecule has 2 aromatic heterocycles. The smallest absolute Gasteiger partial charge is 0.253 e. The maximum Gasteiger partial charge on any atom is 0.253 e. The average Bonchev–Trinajstić information content (AvgIpc) is 3.31. The molecule has 7 nitrogen and oxygen atoms in total. The Morgan fingerprint density at radius 2 is 1.91 bits per heavy atom. The molecule has 0 saturated carbocycles. The minimum Gasteiger partial charge on any atom is -0.481 e. The quantitative estimate of drug-likeness (QED) is 0.414. The van der Waals surface area contributed by atoms with Gasteiger partial charge in [0.05, 0.1) is 43.3 Å². The number of methoxy groups -OCH3 is 1. The van der Waals surface area contributed by atoms with Crippen LogP contribution in [0.4, 0.5) is 0 Å². The van der Waals surface area contributed by atoms with E-state index >= 15 is 0 Å². The summed E-state index contributed by atoms with van der Waals surface area (Å²) in [7, 11) is 1.58. The fraction of sp³-hybridized carbons (Fsp3) is 0.393. The monoisotopic (exact) mass is 475 g/mol. The van der Waals surface area contributed by atoms with Gasteiger partial charge in [0.1, 0.15) is 0 Å². The van der Waals surface area contributed by atoms with Crippen LogP contribution in [0.25, 0.3) is 0 Å². The van der Waals surface area contributed by atoms with Crippen LogP contribution in [-0.4, -0.2) is 35.0 Å². The Labute approximate surface area is 206 Å². The Hall–Kier alpha value is -3.45. The number of Topliss-reactive ketones (excluding diaryl/α,β-unsaturated/α-hetero) is 1. The molecule has 1 N–H and O–H groups in total. The Balaban J connectivity index is 1.57. The van der Waals surface area contributed by atoms with E-state index in [0.29, 0.717) is 43.3 Å². The van der Waals surface area contributed by atoms with Crippen molar-refractivity contribution in [1.82, 2.24) is 14.9 Å². The molecule has 1 amide bonds. The number of carbonyl (C=O) groups excluding carboxylic acids is 2. The van der Waals surface area contributed by atoms with Gasteiger partial charge in [0.2, 0.25) is 5.88 Å². The lowest BCUT2D eigenvalue weighted by atomic mass is 9.91. The van der Waals surface area contributed by atoms with Gasteiger partial charge in [-0.1, -0.05) is 50.2 Å². The van der Waals surface area contributed by atoms with Crippen LogP contribution < -0.4 is 10.1 Å². The van der Waals surface area contributed by atoms with E-state index in [1.165, 1.54) is 0 Å². The summed E-state index contributed by atoms with van der Waals surface area (Å²) in [4.78, 5) is 31.1. The summed E-state index contributed by atoms with van der Waals surface area (Å²) >= 11 is 0. The second-order valence-corrected chi connectivity index (χ2v) is 8.81. The Bertz CT molecular complexity index is 1150. The molecular weight excluding hydrogens is 442 g/mol. The molecule has 1 aliphatic heterocycles. The molecule has 184 valence electrons. The average molecular weight is 476 g/mol. The fourth-order valence-electron chi connectivity index (χ4n) is 4.67. The summed E-state index contributed by atoms with van der Waals surface area (Å²) in [5.74, 6) is 0.421. The van der Waals surface area contributed by atoms with Crippen LogP contribution in [0.2, 0.25) is 0 Å². The van der Waals surface area contributed by atoms with Crippen molar-refractivity contribution in [3.8, 4) is 5.88 Å². The zero-order valence-electron chi connectivity index (χ0n) is 20.6. The summed E-state index contributed by atoms with van der Waals surface area (Å²) < 4.78 is 12.8. The Kier molecular flexibility index (Phi) is 7.98. The number of ether oxygens (including phenoxy) is 2. The van der Waals surface area contributed by atoms with Crippen LogP contribution in [-0.2, 0) is 17.9 Å². The van der Waals surface area contributed by atoms with Crippen molar-refractivity contribution in [1.29, 1.82) is 0 Å². The lowest BCUT2D eigenvalue weighted by Crippen LogP contribution is -2.29. The van der Waals surface area contributed by atoms with Crippen LogP contribution in [0.15, 0.2) is 54.7 Å². The molecule has 3 aromatic rings. The van der Waals surface area contributed by atoms with E-state index in [2.05, 4.69) is 17.2 Å². The summed E-state index contributed by atoms with van der Waals surface area (Å²) in [6.45, 7) is 5.50. The van der Waals surface area contributed by atoms with Crippen LogP contribution in [0.3, 0.4) is 0 Å². The molecule has 1 aliphatic rings. The highest BCUT2D eigenvalue weighted by Gasteiger charge is 2.28. The van der Waals surface area contributed by atoms with E-state index in [1.54, 1.807) is 19.4 Å². The van der Waals surface area contributed by atoms with E-state index in [1.807, 2.05) is 54.0 Å². The number of rotatable bonds is 10. The number of fused-ring (bicyclic) bond motifs is 1. The molecular formula is C28H33N3O4. The van der Waals surface area contributed by atoms with Crippen molar-refractivity contribution >= 4 is 11.7 Å². The standard InChI is InChI=1S/C28H33N3O4/c1-4-19(21-11-12-27(34-3)29-17-21)15-26(32)24-16-22(25-18-35-14-13-31(24)25)28(33)30-23(5-2)20-9-7-6-8-10-20/h6-12,16-17,19,23H,4-5,13-15,18H2,1-3H3,(H,30,33)/t19-,23-/m1/s1. The van der Waals surface area contributed by atoms with E-state index in [-0.39, 0.29) is 23.7 Å². The third-order valence-electron chi connectivity index (χ3n) is 6.72. The van der Waals surface area contributed by atoms with E-state index in [9.17, 15) is 9.59 Å². The molecule has 0 spiro atoms. The van der Waals surface area contributed by atoms with Crippen molar-refractivity contribution < 1.29 is 19.1 Å². The molecule has 3 heterocycles. The molecule has 1 aromatic carbocycles. The highest BCUT2D eigenvalue weighted by molar-refractivity contribution is 6.01. The van der Waals surface area contributed by atoms with Crippen LogP contribution in [0.5, 0.6) is 5.88 Å². The number of hydrogen-bond donors (Lipinski definition) is 1. The number of benzene rings is 1. The lowest BCUT2D eigenvalue weighted by Gasteiger charge is -2.21. The summed E-state index contributed by atoms with van der Waals surface area (Å²) in [5, 5.41) is 3.15. The van der Waals surface area contributed by atoms with Crippen LogP contribution in [0.1, 0.15) is 82.7 Å². The molecule has 0 unspecified atom stereocenters. The van der Waals surface area contributed by atoms with Gasteiger partial charge in [-0.25, -0.2) is 4.98 Å². The Morgan fingerprint density at radius 3 is 2.57 bits per heavy atom. The predicted molar refractivity (Wildman–Crippen MR) is 134 cm³/mol. The van der Waals surface area contributed by atoms with Gasteiger partial charge in [-0.05, 0) is 36.0 Å². The molecule has 0 saturated heterocycles. The molecule has 4 rings (SSSR count). The highest BCUT2D eigenvalue weighted by Crippen LogP contribution is 2.29. The van der Waals surface area contributed by atoms with Gasteiger partial charge in [-0.15, -0.1) is 0 Å². The SMILES string of the molecule is CC[C@H](CC(=O)c1cc(C(=O)N[C@H](CC)c2ccccc2)c2n1CCOC2)c1ccc(OC)nc1. The van der Waals surface area contributed by atoms with Gasteiger partial charge in [0, 0.05) is 25.2 Å². The molecule has 35 heavy (non-hydrogen) atoms. The summed E-state index contributed by atoms with van der Waals surface area (Å²) in [6.07, 6.45) is 3.69. The minimum atomic E-state index is -0.180. The number of pyridine rings is 1. The molecule has 2 atom stereocenters. The highest BCUT2D eigenvalue weighted by atomic mass is 16.5. The second-order valence-electron chi connectivity index (χ2n) is 8.81. The number of aromatic nitrogens is 2. The lowest BCUT2D eigenvalue weighted by molar-refractivity contribution is 0.0780. The molecule has 7 heteroatoms. The van der Waals surface area contributed by atoms with Crippen molar-refractivity contribution in [2.24, 2.45) is 0 Å². The topological polar surface area (TPSA) is 82.5 Å². The van der Waals surface area contributed by atoms with E-state index in [4.69, 9.17) is 9.47 Å². The maximum atomic E-state index is 13.5. The zero-order valence-corrected chi connectivity index (χ0v) is 20.6.